The Kier molecular flexibility index (Phi) is 7.11. The van der Waals surface area contributed by atoms with Crippen molar-refractivity contribution in [1.29, 1.82) is 0 Å². The van der Waals surface area contributed by atoms with Gasteiger partial charge in [0.05, 0.1) is 12.6 Å². The van der Waals surface area contributed by atoms with Crippen LogP contribution < -0.4 is 10.6 Å². The van der Waals surface area contributed by atoms with Gasteiger partial charge in [-0.15, -0.1) is 0 Å². The lowest BCUT2D eigenvalue weighted by Gasteiger charge is -2.15. The molecular weight excluding hydrogens is 273 g/mol. The number of halogens is 1. The Hall–Kier alpha value is -1.66. The van der Waals surface area contributed by atoms with Crippen molar-refractivity contribution in [3.05, 3.63) is 35.1 Å². The number of urea groups is 1. The molecule has 21 heavy (non-hydrogen) atoms. The highest BCUT2D eigenvalue weighted by Crippen LogP contribution is 2.12. The molecule has 1 atom stereocenters. The molecule has 3 N–H and O–H groups in total. The molecule has 0 aliphatic heterocycles. The first kappa shape index (κ1) is 17.4. The van der Waals surface area contributed by atoms with Crippen LogP contribution in [0.1, 0.15) is 24.5 Å². The van der Waals surface area contributed by atoms with Gasteiger partial charge < -0.3 is 20.6 Å². The Bertz CT molecular complexity index is 462. The van der Waals surface area contributed by atoms with Crippen LogP contribution in [0.4, 0.5) is 9.18 Å². The highest BCUT2D eigenvalue weighted by Gasteiger charge is 2.09. The smallest absolute Gasteiger partial charge is 0.315 e. The third kappa shape index (κ3) is 6.10. The van der Waals surface area contributed by atoms with E-state index >= 15 is 0 Å². The van der Waals surface area contributed by atoms with E-state index in [0.29, 0.717) is 25.1 Å². The maximum Gasteiger partial charge on any atom is 0.315 e. The maximum absolute atomic E-state index is 13.6. The van der Waals surface area contributed by atoms with Crippen molar-refractivity contribution in [3.8, 4) is 0 Å². The van der Waals surface area contributed by atoms with Crippen molar-refractivity contribution in [2.24, 2.45) is 0 Å². The van der Waals surface area contributed by atoms with Crippen molar-refractivity contribution in [1.82, 2.24) is 15.5 Å². The summed E-state index contributed by atoms with van der Waals surface area (Å²) in [6, 6.07) is 4.23. The zero-order valence-electron chi connectivity index (χ0n) is 12.8. The van der Waals surface area contributed by atoms with Gasteiger partial charge in [-0.2, -0.15) is 0 Å². The van der Waals surface area contributed by atoms with Crippen LogP contribution in [-0.2, 0) is 13.1 Å². The van der Waals surface area contributed by atoms with Crippen LogP contribution in [0.3, 0.4) is 0 Å². The second-order valence-corrected chi connectivity index (χ2v) is 5.28. The van der Waals surface area contributed by atoms with Gasteiger partial charge in [0.25, 0.3) is 0 Å². The summed E-state index contributed by atoms with van der Waals surface area (Å²) in [7, 11) is 3.75. The van der Waals surface area contributed by atoms with E-state index in [1.165, 1.54) is 6.07 Å². The SMILES string of the molecule is CCC(CO)NC(=O)NCc1ccc(F)c(CN(C)C)c1. The second-order valence-electron chi connectivity index (χ2n) is 5.28. The maximum atomic E-state index is 13.6. The summed E-state index contributed by atoms with van der Waals surface area (Å²) >= 11 is 0. The Morgan fingerprint density at radius 3 is 2.71 bits per heavy atom. The van der Waals surface area contributed by atoms with Crippen LogP contribution in [0.15, 0.2) is 18.2 Å². The number of hydrogen-bond donors (Lipinski definition) is 3. The van der Waals surface area contributed by atoms with Crippen molar-refractivity contribution in [3.63, 3.8) is 0 Å². The quantitative estimate of drug-likeness (QED) is 0.714. The van der Waals surface area contributed by atoms with Gasteiger partial charge in [0, 0.05) is 18.7 Å². The number of nitrogens with one attached hydrogen (secondary N) is 2. The van der Waals surface area contributed by atoms with Gasteiger partial charge in [-0.25, -0.2) is 9.18 Å². The molecule has 1 rings (SSSR count). The molecule has 0 aromatic heterocycles. The molecule has 0 saturated heterocycles. The van der Waals surface area contributed by atoms with Gasteiger partial charge in [0.2, 0.25) is 0 Å². The van der Waals surface area contributed by atoms with E-state index in [4.69, 9.17) is 5.11 Å². The molecule has 2 amide bonds. The molecule has 0 aliphatic carbocycles. The molecule has 0 spiro atoms. The highest BCUT2D eigenvalue weighted by atomic mass is 19.1. The number of nitrogens with zero attached hydrogens (tertiary/aromatic N) is 1. The van der Waals surface area contributed by atoms with Crippen molar-refractivity contribution in [2.75, 3.05) is 20.7 Å². The highest BCUT2D eigenvalue weighted by molar-refractivity contribution is 5.74. The zero-order valence-corrected chi connectivity index (χ0v) is 12.8. The summed E-state index contributed by atoms with van der Waals surface area (Å²) in [5.74, 6) is -0.247. The molecule has 1 unspecified atom stereocenters. The van der Waals surface area contributed by atoms with E-state index in [1.807, 2.05) is 25.9 Å². The van der Waals surface area contributed by atoms with Crippen LogP contribution in [0.2, 0.25) is 0 Å². The minimum atomic E-state index is -0.339. The van der Waals surface area contributed by atoms with Gasteiger partial charge in [-0.3, -0.25) is 0 Å². The average Bonchev–Trinajstić information content (AvgIpc) is 2.45. The minimum absolute atomic E-state index is 0.0898. The molecule has 0 heterocycles. The standard InChI is InChI=1S/C15H24FN3O2/c1-4-13(10-20)18-15(21)17-8-11-5-6-14(16)12(7-11)9-19(2)3/h5-7,13,20H,4,8-10H2,1-3H3,(H2,17,18,21). The second kappa shape index (κ2) is 8.59. The summed E-state index contributed by atoms with van der Waals surface area (Å²) < 4.78 is 13.6. The van der Waals surface area contributed by atoms with E-state index in [9.17, 15) is 9.18 Å². The topological polar surface area (TPSA) is 64.6 Å². The van der Waals surface area contributed by atoms with Crippen molar-refractivity contribution >= 4 is 6.03 Å². The number of amides is 2. The number of aliphatic hydroxyl groups excluding tert-OH is 1. The summed E-state index contributed by atoms with van der Waals surface area (Å²) in [4.78, 5) is 13.5. The van der Waals surface area contributed by atoms with Crippen LogP contribution >= 0.6 is 0 Å². The van der Waals surface area contributed by atoms with Gasteiger partial charge in [0.15, 0.2) is 0 Å². The van der Waals surface area contributed by atoms with Crippen LogP contribution in [0, 0.1) is 5.82 Å². The van der Waals surface area contributed by atoms with Gasteiger partial charge in [-0.1, -0.05) is 13.0 Å². The molecule has 0 bridgehead atoms. The summed E-state index contributed by atoms with van der Waals surface area (Å²) in [6.45, 7) is 2.62. The molecule has 0 fully saturated rings. The average molecular weight is 297 g/mol. The Labute approximate surface area is 125 Å². The molecule has 5 nitrogen and oxygen atoms in total. The largest absolute Gasteiger partial charge is 0.394 e. The zero-order chi connectivity index (χ0) is 15.8. The first-order valence-electron chi connectivity index (χ1n) is 7.03. The lowest BCUT2D eigenvalue weighted by molar-refractivity contribution is 0.214. The molecule has 0 aliphatic rings. The molecular formula is C15H24FN3O2. The molecule has 0 saturated carbocycles. The fourth-order valence-corrected chi connectivity index (χ4v) is 1.90. The third-order valence-corrected chi connectivity index (χ3v) is 3.10. The van der Waals surface area contributed by atoms with Crippen LogP contribution in [0.25, 0.3) is 0 Å². The van der Waals surface area contributed by atoms with Gasteiger partial charge >= 0.3 is 6.03 Å². The lowest BCUT2D eigenvalue weighted by Crippen LogP contribution is -2.43. The monoisotopic (exact) mass is 297 g/mol. The van der Waals surface area contributed by atoms with Crippen molar-refractivity contribution in [2.45, 2.75) is 32.5 Å². The van der Waals surface area contributed by atoms with E-state index in [0.717, 1.165) is 5.56 Å². The number of carbonyl (C=O) groups is 1. The van der Waals surface area contributed by atoms with Gasteiger partial charge in [0.1, 0.15) is 5.82 Å². The first-order valence-corrected chi connectivity index (χ1v) is 7.03. The third-order valence-electron chi connectivity index (χ3n) is 3.10. The Morgan fingerprint density at radius 1 is 1.43 bits per heavy atom. The number of rotatable bonds is 7. The van der Waals surface area contributed by atoms with E-state index in [2.05, 4.69) is 10.6 Å². The predicted octanol–water partition coefficient (Wildman–Crippen LogP) is 1.46. The predicted molar refractivity (Wildman–Crippen MR) is 80.3 cm³/mol. The first-order chi connectivity index (χ1) is 9.96. The number of aliphatic hydroxyl groups is 1. The Morgan fingerprint density at radius 2 is 2.14 bits per heavy atom. The Balaban J connectivity index is 2.57. The molecule has 1 aromatic carbocycles. The normalized spacial score (nSPS) is 12.3. The molecule has 1 aromatic rings. The number of carbonyl (C=O) groups excluding carboxylic acids is 1. The summed E-state index contributed by atoms with van der Waals surface area (Å²) in [5, 5.41) is 14.4. The summed E-state index contributed by atoms with van der Waals surface area (Å²) in [6.07, 6.45) is 0.660. The van der Waals surface area contributed by atoms with Crippen LogP contribution in [0.5, 0.6) is 0 Å². The summed E-state index contributed by atoms with van der Waals surface area (Å²) in [5.41, 5.74) is 1.43. The van der Waals surface area contributed by atoms with E-state index in [1.54, 1.807) is 12.1 Å². The van der Waals surface area contributed by atoms with Gasteiger partial charge in [-0.05, 0) is 38.2 Å². The molecule has 0 radical (unpaired) electrons. The molecule has 6 heteroatoms. The van der Waals surface area contributed by atoms with E-state index < -0.39 is 0 Å². The lowest BCUT2D eigenvalue weighted by atomic mass is 10.1. The van der Waals surface area contributed by atoms with E-state index in [-0.39, 0.29) is 24.5 Å². The number of hydrogen-bond acceptors (Lipinski definition) is 3. The number of benzene rings is 1. The minimum Gasteiger partial charge on any atom is -0.394 e. The van der Waals surface area contributed by atoms with Crippen molar-refractivity contribution < 1.29 is 14.3 Å². The fourth-order valence-electron chi connectivity index (χ4n) is 1.90. The van der Waals surface area contributed by atoms with Crippen LogP contribution in [-0.4, -0.2) is 42.8 Å². The molecule has 118 valence electrons. The fraction of sp³-hybridized carbons (Fsp3) is 0.533.